The molecule has 0 fully saturated rings. The Bertz CT molecular complexity index is 713. The quantitative estimate of drug-likeness (QED) is 0.917. The highest BCUT2D eigenvalue weighted by molar-refractivity contribution is 7.10. The molecule has 0 unspecified atom stereocenters. The summed E-state index contributed by atoms with van der Waals surface area (Å²) in [5.74, 6) is 0.0295. The van der Waals surface area contributed by atoms with E-state index in [1.165, 1.54) is 0 Å². The summed E-state index contributed by atoms with van der Waals surface area (Å²) in [5, 5.41) is 4.88. The molecular weight excluding hydrogens is 312 g/mol. The van der Waals surface area contributed by atoms with E-state index in [1.54, 1.807) is 23.3 Å². The highest BCUT2D eigenvalue weighted by atomic mass is 32.1. The van der Waals surface area contributed by atoms with Crippen LogP contribution in [0.3, 0.4) is 0 Å². The lowest BCUT2D eigenvalue weighted by Gasteiger charge is -2.29. The topological polar surface area (TPSA) is 58.6 Å². The van der Waals surface area contributed by atoms with Gasteiger partial charge in [0.05, 0.1) is 6.42 Å². The number of carbonyl (C=O) groups is 2. The molecule has 2 aromatic rings. The molecule has 1 aromatic heterocycles. The van der Waals surface area contributed by atoms with E-state index in [0.717, 1.165) is 21.8 Å². The number of fused-ring (bicyclic) bond motifs is 1. The Labute approximate surface area is 138 Å². The lowest BCUT2D eigenvalue weighted by molar-refractivity contribution is -0.120. The Balaban J connectivity index is 1.73. The second-order valence-corrected chi connectivity index (χ2v) is 6.42. The van der Waals surface area contributed by atoms with Crippen molar-refractivity contribution < 1.29 is 14.3 Å². The molecule has 0 saturated carbocycles. The number of rotatable bonds is 5. The third-order valence-corrected chi connectivity index (χ3v) is 4.61. The zero-order valence-electron chi connectivity index (χ0n) is 12.9. The number of thiophene rings is 1. The summed E-state index contributed by atoms with van der Waals surface area (Å²) >= 11 is 1.57. The van der Waals surface area contributed by atoms with Gasteiger partial charge in [0.1, 0.15) is 6.73 Å². The van der Waals surface area contributed by atoms with Gasteiger partial charge in [0.15, 0.2) is 0 Å². The van der Waals surface area contributed by atoms with Crippen molar-refractivity contribution in [2.45, 2.75) is 19.3 Å². The number of methoxy groups -OCH3 is 1. The lowest BCUT2D eigenvalue weighted by atomic mass is 10.0. The first kappa shape index (κ1) is 15.7. The predicted octanol–water partition coefficient (Wildman–Crippen LogP) is 2.81. The summed E-state index contributed by atoms with van der Waals surface area (Å²) in [6.45, 7) is 0.246. The number of nitrogens with one attached hydrogen (secondary N) is 1. The van der Waals surface area contributed by atoms with Crippen molar-refractivity contribution in [3.05, 3.63) is 46.2 Å². The fourth-order valence-corrected chi connectivity index (χ4v) is 3.39. The zero-order chi connectivity index (χ0) is 16.2. The molecule has 5 nitrogen and oxygen atoms in total. The lowest BCUT2D eigenvalue weighted by Crippen LogP contribution is -2.36. The molecule has 1 N–H and O–H groups in total. The van der Waals surface area contributed by atoms with Crippen molar-refractivity contribution in [2.75, 3.05) is 24.1 Å². The molecule has 2 amide bonds. The van der Waals surface area contributed by atoms with Gasteiger partial charge in [-0.3, -0.25) is 14.5 Å². The Morgan fingerprint density at radius 2 is 2.22 bits per heavy atom. The highest BCUT2D eigenvalue weighted by Crippen LogP contribution is 2.30. The Hall–Kier alpha value is -2.18. The van der Waals surface area contributed by atoms with Gasteiger partial charge < -0.3 is 10.1 Å². The summed E-state index contributed by atoms with van der Waals surface area (Å²) in [4.78, 5) is 26.7. The largest absolute Gasteiger partial charge is 0.364 e. The first-order valence-electron chi connectivity index (χ1n) is 7.42. The Morgan fingerprint density at radius 3 is 2.96 bits per heavy atom. The van der Waals surface area contributed by atoms with Gasteiger partial charge in [-0.15, -0.1) is 11.3 Å². The molecule has 0 saturated heterocycles. The average Bonchev–Trinajstić information content (AvgIpc) is 3.03. The number of hydrogen-bond acceptors (Lipinski definition) is 4. The van der Waals surface area contributed by atoms with Gasteiger partial charge in [-0.25, -0.2) is 0 Å². The van der Waals surface area contributed by atoms with Crippen molar-refractivity contribution >= 4 is 34.5 Å². The maximum atomic E-state index is 12.1. The molecular formula is C17H18N2O3S. The minimum absolute atomic E-state index is 0.0342. The molecule has 2 heterocycles. The third kappa shape index (κ3) is 3.60. The number of carbonyl (C=O) groups excluding carboxylic acids is 2. The fourth-order valence-electron chi connectivity index (χ4n) is 2.68. The average molecular weight is 330 g/mol. The number of ether oxygens (including phenoxy) is 1. The minimum atomic E-state index is -0.0342. The highest BCUT2D eigenvalue weighted by Gasteiger charge is 2.24. The van der Waals surface area contributed by atoms with Crippen LogP contribution in [-0.2, 0) is 27.2 Å². The van der Waals surface area contributed by atoms with Crippen LogP contribution < -0.4 is 10.2 Å². The van der Waals surface area contributed by atoms with E-state index in [0.29, 0.717) is 19.3 Å². The standard InChI is InChI=1S/C17H18N2O3S/c1-22-11-19-15-6-5-13(9-12(15)4-7-17(19)21)18-16(20)10-14-3-2-8-23-14/h2-3,5-6,8-9H,4,7,10-11H2,1H3,(H,18,20). The normalized spacial score (nSPS) is 13.8. The summed E-state index contributed by atoms with van der Waals surface area (Å²) < 4.78 is 5.10. The Morgan fingerprint density at radius 1 is 1.35 bits per heavy atom. The van der Waals surface area contributed by atoms with Gasteiger partial charge >= 0.3 is 0 Å². The Kier molecular flexibility index (Phi) is 4.73. The second-order valence-electron chi connectivity index (χ2n) is 5.39. The van der Waals surface area contributed by atoms with Gasteiger partial charge in [-0.2, -0.15) is 0 Å². The van der Waals surface area contributed by atoms with Crippen LogP contribution in [0, 0.1) is 0 Å². The van der Waals surface area contributed by atoms with Gasteiger partial charge in [0.2, 0.25) is 11.8 Å². The second kappa shape index (κ2) is 6.93. The molecule has 0 bridgehead atoms. The number of aryl methyl sites for hydroxylation is 1. The van der Waals surface area contributed by atoms with E-state index in [4.69, 9.17) is 4.74 Å². The number of nitrogens with zero attached hydrogens (tertiary/aromatic N) is 1. The molecule has 0 spiro atoms. The first-order chi connectivity index (χ1) is 11.2. The van der Waals surface area contributed by atoms with Crippen LogP contribution in [0.25, 0.3) is 0 Å². The maximum absolute atomic E-state index is 12.1. The molecule has 1 aliphatic heterocycles. The van der Waals surface area contributed by atoms with Crippen LogP contribution in [0.4, 0.5) is 11.4 Å². The van der Waals surface area contributed by atoms with Crippen LogP contribution in [0.2, 0.25) is 0 Å². The first-order valence-corrected chi connectivity index (χ1v) is 8.30. The van der Waals surface area contributed by atoms with Crippen molar-refractivity contribution in [3.8, 4) is 0 Å². The molecule has 0 aliphatic carbocycles. The van der Waals surface area contributed by atoms with E-state index in [1.807, 2.05) is 35.7 Å². The van der Waals surface area contributed by atoms with Crippen molar-refractivity contribution in [1.29, 1.82) is 0 Å². The van der Waals surface area contributed by atoms with Gasteiger partial charge in [-0.05, 0) is 41.6 Å². The van der Waals surface area contributed by atoms with E-state index in [9.17, 15) is 9.59 Å². The summed E-state index contributed by atoms with van der Waals surface area (Å²) in [6.07, 6.45) is 1.52. The van der Waals surface area contributed by atoms with Crippen LogP contribution in [0.5, 0.6) is 0 Å². The molecule has 3 rings (SSSR count). The number of anilines is 2. The van der Waals surface area contributed by atoms with Crippen molar-refractivity contribution in [2.24, 2.45) is 0 Å². The van der Waals surface area contributed by atoms with Gasteiger partial charge in [-0.1, -0.05) is 6.07 Å². The third-order valence-electron chi connectivity index (χ3n) is 3.74. The summed E-state index contributed by atoms with van der Waals surface area (Å²) in [7, 11) is 1.57. The molecule has 120 valence electrons. The fraction of sp³-hybridized carbons (Fsp3) is 0.294. The summed E-state index contributed by atoms with van der Waals surface area (Å²) in [5.41, 5.74) is 2.67. The van der Waals surface area contributed by atoms with Crippen LogP contribution in [0.15, 0.2) is 35.7 Å². The number of amides is 2. The zero-order valence-corrected chi connectivity index (χ0v) is 13.7. The SMILES string of the molecule is COCN1C(=O)CCc2cc(NC(=O)Cc3cccs3)ccc21. The van der Waals surface area contributed by atoms with Gasteiger partial charge in [0.25, 0.3) is 0 Å². The molecule has 6 heteroatoms. The minimum Gasteiger partial charge on any atom is -0.364 e. The van der Waals surface area contributed by atoms with Crippen LogP contribution >= 0.6 is 11.3 Å². The summed E-state index contributed by atoms with van der Waals surface area (Å²) in [6, 6.07) is 9.52. The van der Waals surface area contributed by atoms with E-state index in [-0.39, 0.29) is 18.5 Å². The monoisotopic (exact) mass is 330 g/mol. The van der Waals surface area contributed by atoms with Gasteiger partial charge in [0, 0.05) is 29.8 Å². The smallest absolute Gasteiger partial charge is 0.229 e. The van der Waals surface area contributed by atoms with E-state index in [2.05, 4.69) is 5.32 Å². The predicted molar refractivity (Wildman–Crippen MR) is 90.8 cm³/mol. The molecule has 0 radical (unpaired) electrons. The molecule has 1 aromatic carbocycles. The van der Waals surface area contributed by atoms with Crippen molar-refractivity contribution in [1.82, 2.24) is 0 Å². The van der Waals surface area contributed by atoms with Crippen LogP contribution in [0.1, 0.15) is 16.9 Å². The molecule has 1 aliphatic rings. The van der Waals surface area contributed by atoms with E-state index >= 15 is 0 Å². The number of hydrogen-bond donors (Lipinski definition) is 1. The van der Waals surface area contributed by atoms with E-state index < -0.39 is 0 Å². The number of benzene rings is 1. The van der Waals surface area contributed by atoms with Crippen LogP contribution in [-0.4, -0.2) is 25.7 Å². The molecule has 0 atom stereocenters. The maximum Gasteiger partial charge on any atom is 0.229 e. The van der Waals surface area contributed by atoms with Crippen molar-refractivity contribution in [3.63, 3.8) is 0 Å². The molecule has 23 heavy (non-hydrogen) atoms.